The van der Waals surface area contributed by atoms with Crippen molar-refractivity contribution in [1.82, 2.24) is 9.88 Å². The van der Waals surface area contributed by atoms with Crippen LogP contribution in [0.3, 0.4) is 0 Å². The van der Waals surface area contributed by atoms with Crippen molar-refractivity contribution in [2.75, 3.05) is 6.61 Å². The fourth-order valence-corrected chi connectivity index (χ4v) is 3.34. The number of ether oxygens (including phenoxy) is 1. The number of aromatic nitrogens is 1. The quantitative estimate of drug-likeness (QED) is 0.564. The molecule has 1 aromatic heterocycles. The first kappa shape index (κ1) is 20.7. The molecular weight excluding hydrogens is 364 g/mol. The third-order valence-corrected chi connectivity index (χ3v) is 4.73. The SMILES string of the molecule is CCOC(=O)C(C(O)c1ccncc1)N(Cc1ccccc1)Cc1ccccc1. The highest BCUT2D eigenvalue weighted by atomic mass is 16.5. The van der Waals surface area contributed by atoms with Gasteiger partial charge in [0.15, 0.2) is 0 Å². The van der Waals surface area contributed by atoms with Gasteiger partial charge in [0.25, 0.3) is 0 Å². The fraction of sp³-hybridized carbons (Fsp3) is 0.250. The Hall–Kier alpha value is -3.02. The zero-order chi connectivity index (χ0) is 20.5. The molecule has 150 valence electrons. The van der Waals surface area contributed by atoms with Crippen LogP contribution in [0, 0.1) is 0 Å². The molecule has 3 rings (SSSR count). The minimum Gasteiger partial charge on any atom is -0.465 e. The van der Waals surface area contributed by atoms with E-state index < -0.39 is 18.1 Å². The van der Waals surface area contributed by atoms with Gasteiger partial charge in [-0.1, -0.05) is 60.7 Å². The van der Waals surface area contributed by atoms with Gasteiger partial charge in [0.2, 0.25) is 0 Å². The average molecular weight is 390 g/mol. The van der Waals surface area contributed by atoms with Crippen molar-refractivity contribution in [1.29, 1.82) is 0 Å². The number of nitrogens with zero attached hydrogens (tertiary/aromatic N) is 2. The summed E-state index contributed by atoms with van der Waals surface area (Å²) in [5, 5.41) is 11.1. The Balaban J connectivity index is 1.96. The Morgan fingerprint density at radius 3 is 1.93 bits per heavy atom. The second-order valence-corrected chi connectivity index (χ2v) is 6.80. The largest absolute Gasteiger partial charge is 0.465 e. The molecule has 1 N–H and O–H groups in total. The summed E-state index contributed by atoms with van der Waals surface area (Å²) < 4.78 is 5.35. The van der Waals surface area contributed by atoms with Crippen LogP contribution in [0.1, 0.15) is 29.7 Å². The van der Waals surface area contributed by atoms with Crippen LogP contribution in [-0.2, 0) is 22.6 Å². The number of pyridine rings is 1. The van der Waals surface area contributed by atoms with Crippen molar-refractivity contribution >= 4 is 5.97 Å². The number of carbonyl (C=O) groups is 1. The van der Waals surface area contributed by atoms with E-state index in [4.69, 9.17) is 4.74 Å². The maximum atomic E-state index is 12.9. The summed E-state index contributed by atoms with van der Waals surface area (Å²) in [6.07, 6.45) is 2.18. The summed E-state index contributed by atoms with van der Waals surface area (Å²) in [7, 11) is 0. The van der Waals surface area contributed by atoms with E-state index in [1.54, 1.807) is 31.5 Å². The van der Waals surface area contributed by atoms with Gasteiger partial charge < -0.3 is 9.84 Å². The summed E-state index contributed by atoms with van der Waals surface area (Å²) >= 11 is 0. The zero-order valence-electron chi connectivity index (χ0n) is 16.5. The molecule has 3 aromatic rings. The first-order chi connectivity index (χ1) is 14.2. The van der Waals surface area contributed by atoms with Crippen LogP contribution in [0.5, 0.6) is 0 Å². The predicted octanol–water partition coefficient (Wildman–Crippen LogP) is 3.75. The van der Waals surface area contributed by atoms with Crippen molar-refractivity contribution in [3.8, 4) is 0 Å². The fourth-order valence-electron chi connectivity index (χ4n) is 3.34. The lowest BCUT2D eigenvalue weighted by Gasteiger charge is -2.33. The molecule has 0 saturated carbocycles. The van der Waals surface area contributed by atoms with E-state index in [0.29, 0.717) is 18.7 Å². The third-order valence-electron chi connectivity index (χ3n) is 4.73. The van der Waals surface area contributed by atoms with E-state index in [1.165, 1.54) is 0 Å². The van der Waals surface area contributed by atoms with Gasteiger partial charge in [0.1, 0.15) is 12.1 Å². The van der Waals surface area contributed by atoms with Crippen molar-refractivity contribution < 1.29 is 14.6 Å². The summed E-state index contributed by atoms with van der Waals surface area (Å²) in [6.45, 7) is 3.03. The Morgan fingerprint density at radius 2 is 1.45 bits per heavy atom. The minimum atomic E-state index is -1.04. The van der Waals surface area contributed by atoms with Crippen LogP contribution in [0.2, 0.25) is 0 Å². The van der Waals surface area contributed by atoms with E-state index in [0.717, 1.165) is 11.1 Å². The van der Waals surface area contributed by atoms with Gasteiger partial charge in [0, 0.05) is 25.5 Å². The van der Waals surface area contributed by atoms with E-state index in [9.17, 15) is 9.90 Å². The van der Waals surface area contributed by atoms with Gasteiger partial charge in [-0.3, -0.25) is 14.7 Å². The van der Waals surface area contributed by atoms with Gasteiger partial charge >= 0.3 is 5.97 Å². The molecule has 0 fully saturated rings. The Morgan fingerprint density at radius 1 is 0.931 bits per heavy atom. The summed E-state index contributed by atoms with van der Waals surface area (Å²) in [6, 6.07) is 22.4. The Labute approximate surface area is 171 Å². The van der Waals surface area contributed by atoms with E-state index >= 15 is 0 Å². The van der Waals surface area contributed by atoms with Crippen molar-refractivity contribution in [2.45, 2.75) is 32.2 Å². The number of benzene rings is 2. The predicted molar refractivity (Wildman–Crippen MR) is 112 cm³/mol. The zero-order valence-corrected chi connectivity index (χ0v) is 16.5. The van der Waals surface area contributed by atoms with Gasteiger partial charge in [0.05, 0.1) is 6.61 Å². The Bertz CT molecular complexity index is 831. The topological polar surface area (TPSA) is 62.7 Å². The second-order valence-electron chi connectivity index (χ2n) is 6.80. The minimum absolute atomic E-state index is 0.253. The number of esters is 1. The highest BCUT2D eigenvalue weighted by molar-refractivity contribution is 5.77. The molecule has 0 aliphatic heterocycles. The summed E-state index contributed by atoms with van der Waals surface area (Å²) in [5.74, 6) is -0.441. The Kier molecular flexibility index (Phi) is 7.50. The molecule has 0 aliphatic rings. The molecule has 5 nitrogen and oxygen atoms in total. The molecule has 2 atom stereocenters. The number of rotatable bonds is 9. The molecule has 1 heterocycles. The number of hydrogen-bond acceptors (Lipinski definition) is 5. The molecule has 0 aliphatic carbocycles. The maximum Gasteiger partial charge on any atom is 0.326 e. The lowest BCUT2D eigenvalue weighted by Crippen LogP contribution is -2.45. The molecule has 0 bridgehead atoms. The summed E-state index contributed by atoms with van der Waals surface area (Å²) in [4.78, 5) is 18.9. The molecule has 2 aromatic carbocycles. The van der Waals surface area contributed by atoms with Crippen LogP contribution in [0.25, 0.3) is 0 Å². The number of carbonyl (C=O) groups excluding carboxylic acids is 1. The molecule has 0 spiro atoms. The highest BCUT2D eigenvalue weighted by Gasteiger charge is 2.35. The number of aliphatic hydroxyl groups is 1. The van der Waals surface area contributed by atoms with Gasteiger partial charge in [-0.05, 0) is 35.7 Å². The first-order valence-corrected chi connectivity index (χ1v) is 9.75. The molecule has 2 unspecified atom stereocenters. The van der Waals surface area contributed by atoms with E-state index in [1.807, 2.05) is 65.6 Å². The lowest BCUT2D eigenvalue weighted by molar-refractivity contribution is -0.155. The van der Waals surface area contributed by atoms with Crippen molar-refractivity contribution in [3.63, 3.8) is 0 Å². The molecule has 0 amide bonds. The van der Waals surface area contributed by atoms with Gasteiger partial charge in [-0.25, -0.2) is 0 Å². The smallest absolute Gasteiger partial charge is 0.326 e. The second kappa shape index (κ2) is 10.5. The van der Waals surface area contributed by atoms with Gasteiger partial charge in [-0.2, -0.15) is 0 Å². The molecule has 0 radical (unpaired) electrons. The van der Waals surface area contributed by atoms with Crippen molar-refractivity contribution in [2.24, 2.45) is 0 Å². The first-order valence-electron chi connectivity index (χ1n) is 9.75. The normalized spacial score (nSPS) is 13.1. The highest BCUT2D eigenvalue weighted by Crippen LogP contribution is 2.25. The molecule has 29 heavy (non-hydrogen) atoms. The van der Waals surface area contributed by atoms with Crippen LogP contribution in [-0.4, -0.2) is 33.6 Å². The van der Waals surface area contributed by atoms with Crippen molar-refractivity contribution in [3.05, 3.63) is 102 Å². The molecule has 0 saturated heterocycles. The summed E-state index contributed by atoms with van der Waals surface area (Å²) in [5.41, 5.74) is 2.74. The van der Waals surface area contributed by atoms with Gasteiger partial charge in [-0.15, -0.1) is 0 Å². The average Bonchev–Trinajstić information content (AvgIpc) is 2.76. The van der Waals surface area contributed by atoms with Crippen LogP contribution < -0.4 is 0 Å². The molecular formula is C24H26N2O3. The number of hydrogen-bond donors (Lipinski definition) is 1. The number of aliphatic hydroxyl groups excluding tert-OH is 1. The standard InChI is InChI=1S/C24H26N2O3/c1-2-29-24(28)22(23(27)21-13-15-25-16-14-21)26(17-19-9-5-3-6-10-19)18-20-11-7-4-8-12-20/h3-16,22-23,27H,2,17-18H2,1H3. The lowest BCUT2D eigenvalue weighted by atomic mass is 10.00. The third kappa shape index (κ3) is 5.73. The molecule has 5 heteroatoms. The van der Waals surface area contributed by atoms with Crippen LogP contribution in [0.15, 0.2) is 85.2 Å². The maximum absolute atomic E-state index is 12.9. The van der Waals surface area contributed by atoms with Crippen LogP contribution in [0.4, 0.5) is 0 Å². The van der Waals surface area contributed by atoms with Crippen LogP contribution >= 0.6 is 0 Å². The monoisotopic (exact) mass is 390 g/mol. The van der Waals surface area contributed by atoms with E-state index in [2.05, 4.69) is 4.98 Å². The van der Waals surface area contributed by atoms with E-state index in [-0.39, 0.29) is 6.61 Å².